The summed E-state index contributed by atoms with van der Waals surface area (Å²) >= 11 is 0. The number of esters is 1. The Hall–Kier alpha value is -3.19. The molecule has 2 amide bonds. The van der Waals surface area contributed by atoms with E-state index < -0.39 is 5.97 Å². The smallest absolute Gasteiger partial charge is 0.308 e. The van der Waals surface area contributed by atoms with Crippen LogP contribution < -0.4 is 15.4 Å². The third-order valence-electron chi connectivity index (χ3n) is 3.32. The van der Waals surface area contributed by atoms with Crippen LogP contribution in [0.15, 0.2) is 48.5 Å². The molecule has 2 rings (SSSR count). The molecule has 7 nitrogen and oxygen atoms in total. The third-order valence-corrected chi connectivity index (χ3v) is 3.32. The molecule has 136 valence electrons. The Bertz CT molecular complexity index is 787. The first kappa shape index (κ1) is 19.1. The number of ether oxygens (including phenoxy) is 2. The number of nitrogens with one attached hydrogen (secondary N) is 2. The monoisotopic (exact) mass is 356 g/mol. The maximum Gasteiger partial charge on any atom is 0.308 e. The highest BCUT2D eigenvalue weighted by molar-refractivity contribution is 5.94. The Kier molecular flexibility index (Phi) is 6.87. The van der Waals surface area contributed by atoms with E-state index in [1.807, 2.05) is 0 Å². The lowest BCUT2D eigenvalue weighted by Crippen LogP contribution is -2.23. The molecule has 0 bridgehead atoms. The molecule has 7 heteroatoms. The molecule has 0 heterocycles. The molecule has 0 aliphatic rings. The Morgan fingerprint density at radius 2 is 1.77 bits per heavy atom. The largest absolute Gasteiger partial charge is 0.427 e. The minimum absolute atomic E-state index is 0.00971. The number of methoxy groups -OCH3 is 1. The van der Waals surface area contributed by atoms with E-state index in [4.69, 9.17) is 9.47 Å². The van der Waals surface area contributed by atoms with E-state index in [2.05, 4.69) is 10.6 Å². The molecule has 0 saturated carbocycles. The summed E-state index contributed by atoms with van der Waals surface area (Å²) in [6, 6.07) is 13.5. The summed E-state index contributed by atoms with van der Waals surface area (Å²) in [4.78, 5) is 34.6. The van der Waals surface area contributed by atoms with Crippen molar-refractivity contribution in [3.63, 3.8) is 0 Å². The highest BCUT2D eigenvalue weighted by Crippen LogP contribution is 2.14. The van der Waals surface area contributed by atoms with E-state index in [9.17, 15) is 14.4 Å². The van der Waals surface area contributed by atoms with Crippen molar-refractivity contribution < 1.29 is 23.9 Å². The minimum Gasteiger partial charge on any atom is -0.427 e. The first-order valence-electron chi connectivity index (χ1n) is 7.92. The maximum atomic E-state index is 12.2. The number of amides is 2. The van der Waals surface area contributed by atoms with Gasteiger partial charge in [-0.05, 0) is 35.9 Å². The molecule has 2 aromatic rings. The Morgan fingerprint density at radius 1 is 1.04 bits per heavy atom. The van der Waals surface area contributed by atoms with Crippen molar-refractivity contribution in [2.45, 2.75) is 13.5 Å². The van der Waals surface area contributed by atoms with E-state index in [1.54, 1.807) is 42.5 Å². The van der Waals surface area contributed by atoms with Gasteiger partial charge in [0.25, 0.3) is 5.91 Å². The predicted molar refractivity (Wildman–Crippen MR) is 95.9 cm³/mol. The van der Waals surface area contributed by atoms with Crippen molar-refractivity contribution >= 4 is 23.5 Å². The summed E-state index contributed by atoms with van der Waals surface area (Å²) in [5, 5.41) is 5.48. The molecular formula is C19H20N2O5. The molecule has 26 heavy (non-hydrogen) atoms. The second kappa shape index (κ2) is 9.33. The standard InChI is InChI=1S/C19H20N2O5/c1-13(22)26-17-5-3-4-15(10-17)19(24)20-11-14-6-8-16(9-7-14)21-18(23)12-25-2/h3-10H,11-12H2,1-2H3,(H,20,24)(H,21,23). The Labute approximate surface area is 151 Å². The minimum atomic E-state index is -0.444. The van der Waals surface area contributed by atoms with E-state index in [-0.39, 0.29) is 18.4 Å². The van der Waals surface area contributed by atoms with E-state index in [0.717, 1.165) is 5.56 Å². The lowest BCUT2D eigenvalue weighted by atomic mass is 10.1. The van der Waals surface area contributed by atoms with E-state index in [1.165, 1.54) is 20.1 Å². The summed E-state index contributed by atoms with van der Waals surface area (Å²) in [5.41, 5.74) is 1.92. The van der Waals surface area contributed by atoms with Crippen molar-refractivity contribution in [1.29, 1.82) is 0 Å². The quantitative estimate of drug-likeness (QED) is 0.585. The van der Waals surface area contributed by atoms with Crippen LogP contribution in [0.3, 0.4) is 0 Å². The molecule has 0 fully saturated rings. The van der Waals surface area contributed by atoms with Crippen molar-refractivity contribution in [3.05, 3.63) is 59.7 Å². The fraction of sp³-hybridized carbons (Fsp3) is 0.211. The van der Waals surface area contributed by atoms with Crippen LogP contribution in [0, 0.1) is 0 Å². The van der Waals surface area contributed by atoms with Gasteiger partial charge in [0.2, 0.25) is 5.91 Å². The lowest BCUT2D eigenvalue weighted by molar-refractivity contribution is -0.131. The average Bonchev–Trinajstić information content (AvgIpc) is 2.60. The summed E-state index contributed by atoms with van der Waals surface area (Å²) < 4.78 is 9.72. The van der Waals surface area contributed by atoms with Gasteiger partial charge >= 0.3 is 5.97 Å². The van der Waals surface area contributed by atoms with Crippen LogP contribution in [0.4, 0.5) is 5.69 Å². The maximum absolute atomic E-state index is 12.2. The summed E-state index contributed by atoms with van der Waals surface area (Å²) in [7, 11) is 1.45. The number of hydrogen-bond donors (Lipinski definition) is 2. The zero-order chi connectivity index (χ0) is 18.9. The SMILES string of the molecule is COCC(=O)Nc1ccc(CNC(=O)c2cccc(OC(C)=O)c2)cc1. The molecule has 2 aromatic carbocycles. The van der Waals surface area contributed by atoms with Crippen molar-refractivity contribution in [2.24, 2.45) is 0 Å². The fourth-order valence-electron chi connectivity index (χ4n) is 2.19. The van der Waals surface area contributed by atoms with Gasteiger partial charge in [-0.15, -0.1) is 0 Å². The zero-order valence-electron chi connectivity index (χ0n) is 14.6. The summed E-state index contributed by atoms with van der Waals surface area (Å²) in [6.45, 7) is 1.61. The number of benzene rings is 2. The second-order valence-electron chi connectivity index (χ2n) is 5.48. The fourth-order valence-corrected chi connectivity index (χ4v) is 2.19. The molecule has 0 aliphatic heterocycles. The second-order valence-corrected chi connectivity index (χ2v) is 5.48. The number of carbonyl (C=O) groups is 3. The van der Waals surface area contributed by atoms with Gasteiger partial charge in [-0.2, -0.15) is 0 Å². The van der Waals surface area contributed by atoms with Gasteiger partial charge in [0, 0.05) is 31.8 Å². The van der Waals surface area contributed by atoms with Crippen LogP contribution in [-0.2, 0) is 20.9 Å². The van der Waals surface area contributed by atoms with Crippen molar-refractivity contribution in [1.82, 2.24) is 5.32 Å². The normalized spacial score (nSPS) is 10.1. The van der Waals surface area contributed by atoms with E-state index in [0.29, 0.717) is 23.5 Å². The van der Waals surface area contributed by atoms with Crippen LogP contribution in [0.25, 0.3) is 0 Å². The van der Waals surface area contributed by atoms with Gasteiger partial charge in [0.05, 0.1) is 0 Å². The predicted octanol–water partition coefficient (Wildman–Crippen LogP) is 2.13. The molecule has 0 saturated heterocycles. The van der Waals surface area contributed by atoms with Crippen LogP contribution >= 0.6 is 0 Å². The molecule has 0 unspecified atom stereocenters. The molecule has 0 radical (unpaired) electrons. The van der Waals surface area contributed by atoms with Gasteiger partial charge in [-0.3, -0.25) is 14.4 Å². The zero-order valence-corrected chi connectivity index (χ0v) is 14.6. The van der Waals surface area contributed by atoms with Crippen molar-refractivity contribution in [2.75, 3.05) is 19.0 Å². The van der Waals surface area contributed by atoms with Crippen LogP contribution in [0.2, 0.25) is 0 Å². The van der Waals surface area contributed by atoms with Crippen molar-refractivity contribution in [3.8, 4) is 5.75 Å². The van der Waals surface area contributed by atoms with Gasteiger partial charge < -0.3 is 20.1 Å². The molecule has 0 aliphatic carbocycles. The van der Waals surface area contributed by atoms with Gasteiger partial charge in [-0.1, -0.05) is 18.2 Å². The highest BCUT2D eigenvalue weighted by Gasteiger charge is 2.08. The average molecular weight is 356 g/mol. The lowest BCUT2D eigenvalue weighted by Gasteiger charge is -2.08. The topological polar surface area (TPSA) is 93.7 Å². The Balaban J connectivity index is 1.91. The first-order chi connectivity index (χ1) is 12.5. The van der Waals surface area contributed by atoms with E-state index >= 15 is 0 Å². The number of rotatable bonds is 7. The summed E-state index contributed by atoms with van der Waals surface area (Å²) in [6.07, 6.45) is 0. The number of anilines is 1. The first-order valence-corrected chi connectivity index (χ1v) is 7.92. The van der Waals surface area contributed by atoms with Gasteiger partial charge in [-0.25, -0.2) is 0 Å². The van der Waals surface area contributed by atoms with Crippen LogP contribution in [0.5, 0.6) is 5.75 Å². The van der Waals surface area contributed by atoms with Gasteiger partial charge in [0.15, 0.2) is 0 Å². The molecule has 0 atom stereocenters. The third kappa shape index (κ3) is 6.03. The van der Waals surface area contributed by atoms with Gasteiger partial charge in [0.1, 0.15) is 12.4 Å². The van der Waals surface area contributed by atoms with Crippen LogP contribution in [0.1, 0.15) is 22.8 Å². The van der Waals surface area contributed by atoms with Crippen LogP contribution in [-0.4, -0.2) is 31.5 Å². The molecule has 0 spiro atoms. The number of hydrogen-bond acceptors (Lipinski definition) is 5. The highest BCUT2D eigenvalue weighted by atomic mass is 16.5. The Morgan fingerprint density at radius 3 is 2.42 bits per heavy atom. The summed E-state index contributed by atoms with van der Waals surface area (Å²) in [5.74, 6) is -0.640. The number of carbonyl (C=O) groups excluding carboxylic acids is 3. The molecule has 0 aromatic heterocycles. The molecular weight excluding hydrogens is 336 g/mol. The molecule has 2 N–H and O–H groups in total.